The van der Waals surface area contributed by atoms with Gasteiger partial charge < -0.3 is 5.32 Å². The average Bonchev–Trinajstić information content (AvgIpc) is 2.64. The van der Waals surface area contributed by atoms with Gasteiger partial charge in [0.05, 0.1) is 5.92 Å². The second-order valence-electron chi connectivity index (χ2n) is 7.21. The number of carbonyl (C=O) groups is 1. The van der Waals surface area contributed by atoms with Crippen LogP contribution in [0.5, 0.6) is 0 Å². The molecule has 1 aromatic rings. The summed E-state index contributed by atoms with van der Waals surface area (Å²) in [4.78, 5) is 14.9. The molecule has 0 bridgehead atoms. The van der Waals surface area contributed by atoms with Crippen molar-refractivity contribution in [3.05, 3.63) is 47.5 Å². The van der Waals surface area contributed by atoms with Gasteiger partial charge in [-0.15, -0.1) is 0 Å². The maximum absolute atomic E-state index is 12.5. The van der Waals surface area contributed by atoms with Crippen LogP contribution in [-0.2, 0) is 11.3 Å². The predicted octanol–water partition coefficient (Wildman–Crippen LogP) is 3.91. The Kier molecular flexibility index (Phi) is 6.48. The number of hydrogen-bond acceptors (Lipinski definition) is 2. The third-order valence-electron chi connectivity index (χ3n) is 5.26. The summed E-state index contributed by atoms with van der Waals surface area (Å²) < 4.78 is 0. The summed E-state index contributed by atoms with van der Waals surface area (Å²) in [6.07, 6.45) is 10.6. The molecular weight excluding hydrogens is 296 g/mol. The second-order valence-corrected chi connectivity index (χ2v) is 7.21. The van der Waals surface area contributed by atoms with Crippen LogP contribution in [0.1, 0.15) is 50.5 Å². The van der Waals surface area contributed by atoms with E-state index in [2.05, 4.69) is 46.6 Å². The highest BCUT2D eigenvalue weighted by molar-refractivity contribution is 5.78. The molecule has 1 atom stereocenters. The quantitative estimate of drug-likeness (QED) is 0.804. The molecule has 0 spiro atoms. The average molecular weight is 326 g/mol. The number of piperidine rings is 1. The molecule has 3 heteroatoms. The summed E-state index contributed by atoms with van der Waals surface area (Å²) in [5.41, 5.74) is 2.87. The van der Waals surface area contributed by atoms with Gasteiger partial charge in [-0.05, 0) is 57.1 Å². The predicted molar refractivity (Wildman–Crippen MR) is 98.6 cm³/mol. The Labute approximate surface area is 146 Å². The molecule has 3 rings (SSSR count). The standard InChI is InChI=1S/C21H30N2O/c24-21(22-14-13-18-8-3-1-4-9-18)20-12-7-15-23(17-20)16-19-10-5-2-6-11-19/h2,5-6,8,10-11,20H,1,3-4,7,9,12-17H2,(H,22,24). The first-order valence-corrected chi connectivity index (χ1v) is 9.53. The van der Waals surface area contributed by atoms with E-state index in [1.807, 2.05) is 0 Å². The lowest BCUT2D eigenvalue weighted by atomic mass is 9.95. The van der Waals surface area contributed by atoms with E-state index < -0.39 is 0 Å². The number of carbonyl (C=O) groups excluding carboxylic acids is 1. The van der Waals surface area contributed by atoms with Gasteiger partial charge in [0.25, 0.3) is 0 Å². The van der Waals surface area contributed by atoms with Crippen molar-refractivity contribution < 1.29 is 4.79 Å². The first kappa shape index (κ1) is 17.2. The number of amides is 1. The van der Waals surface area contributed by atoms with Crippen LogP contribution in [0.2, 0.25) is 0 Å². The van der Waals surface area contributed by atoms with E-state index in [4.69, 9.17) is 0 Å². The summed E-state index contributed by atoms with van der Waals surface area (Å²) in [6, 6.07) is 10.6. The molecule has 24 heavy (non-hydrogen) atoms. The highest BCUT2D eigenvalue weighted by Gasteiger charge is 2.25. The molecule has 130 valence electrons. The van der Waals surface area contributed by atoms with Crippen LogP contribution in [0.4, 0.5) is 0 Å². The molecule has 1 amide bonds. The number of allylic oxidation sites excluding steroid dienone is 1. The molecule has 1 saturated heterocycles. The summed E-state index contributed by atoms with van der Waals surface area (Å²) in [5.74, 6) is 0.409. The van der Waals surface area contributed by atoms with Gasteiger partial charge in [-0.3, -0.25) is 9.69 Å². The normalized spacial score (nSPS) is 22.0. The minimum atomic E-state index is 0.155. The van der Waals surface area contributed by atoms with Crippen LogP contribution in [0.25, 0.3) is 0 Å². The van der Waals surface area contributed by atoms with Gasteiger partial charge in [0, 0.05) is 19.6 Å². The monoisotopic (exact) mass is 326 g/mol. The van der Waals surface area contributed by atoms with Crippen molar-refractivity contribution in [2.75, 3.05) is 19.6 Å². The Hall–Kier alpha value is -1.61. The van der Waals surface area contributed by atoms with Gasteiger partial charge in [0.15, 0.2) is 0 Å². The Balaban J connectivity index is 1.42. The minimum absolute atomic E-state index is 0.155. The molecule has 1 aliphatic carbocycles. The first-order valence-electron chi connectivity index (χ1n) is 9.53. The minimum Gasteiger partial charge on any atom is -0.356 e. The molecule has 0 aromatic heterocycles. The molecule has 0 saturated carbocycles. The van der Waals surface area contributed by atoms with Gasteiger partial charge in [-0.25, -0.2) is 0 Å². The van der Waals surface area contributed by atoms with Gasteiger partial charge in [0.1, 0.15) is 0 Å². The van der Waals surface area contributed by atoms with E-state index in [0.29, 0.717) is 0 Å². The highest BCUT2D eigenvalue weighted by atomic mass is 16.1. The maximum Gasteiger partial charge on any atom is 0.224 e. The number of nitrogens with zero attached hydrogens (tertiary/aromatic N) is 1. The molecule has 1 N–H and O–H groups in total. The first-order chi connectivity index (χ1) is 11.8. The van der Waals surface area contributed by atoms with Gasteiger partial charge >= 0.3 is 0 Å². The zero-order valence-corrected chi connectivity index (χ0v) is 14.7. The lowest BCUT2D eigenvalue weighted by Crippen LogP contribution is -2.42. The fourth-order valence-electron chi connectivity index (χ4n) is 3.88. The van der Waals surface area contributed by atoms with Crippen molar-refractivity contribution in [1.29, 1.82) is 0 Å². The summed E-state index contributed by atoms with van der Waals surface area (Å²) in [7, 11) is 0. The van der Waals surface area contributed by atoms with Crippen LogP contribution in [0, 0.1) is 5.92 Å². The van der Waals surface area contributed by atoms with Crippen LogP contribution in [-0.4, -0.2) is 30.4 Å². The Morgan fingerprint density at radius 1 is 1.17 bits per heavy atom. The van der Waals surface area contributed by atoms with Crippen LogP contribution in [0.3, 0.4) is 0 Å². The fourth-order valence-corrected chi connectivity index (χ4v) is 3.88. The lowest BCUT2D eigenvalue weighted by molar-refractivity contribution is -0.126. The van der Waals surface area contributed by atoms with Crippen molar-refractivity contribution in [2.45, 2.75) is 51.5 Å². The van der Waals surface area contributed by atoms with Gasteiger partial charge in [-0.1, -0.05) is 42.0 Å². The Morgan fingerprint density at radius 2 is 2.04 bits per heavy atom. The Bertz CT molecular complexity index is 552. The van der Waals surface area contributed by atoms with Gasteiger partial charge in [0.2, 0.25) is 5.91 Å². The largest absolute Gasteiger partial charge is 0.356 e. The third-order valence-corrected chi connectivity index (χ3v) is 5.26. The summed E-state index contributed by atoms with van der Waals surface area (Å²) in [6.45, 7) is 3.76. The number of likely N-dealkylation sites (tertiary alicyclic amines) is 1. The molecular formula is C21H30N2O. The highest BCUT2D eigenvalue weighted by Crippen LogP contribution is 2.21. The number of rotatable bonds is 6. The molecule has 1 aliphatic heterocycles. The van der Waals surface area contributed by atoms with E-state index in [-0.39, 0.29) is 11.8 Å². The molecule has 1 fully saturated rings. The SMILES string of the molecule is O=C(NCCC1=CCCCC1)C1CCCN(Cc2ccccc2)C1. The molecule has 1 unspecified atom stereocenters. The second kappa shape index (κ2) is 9.03. The third kappa shape index (κ3) is 5.20. The van der Waals surface area contributed by atoms with E-state index in [1.165, 1.54) is 36.8 Å². The number of nitrogens with one attached hydrogen (secondary N) is 1. The summed E-state index contributed by atoms with van der Waals surface area (Å²) >= 11 is 0. The maximum atomic E-state index is 12.5. The van der Waals surface area contributed by atoms with Crippen molar-refractivity contribution >= 4 is 5.91 Å². The molecule has 2 aliphatic rings. The van der Waals surface area contributed by atoms with E-state index in [1.54, 1.807) is 0 Å². The topological polar surface area (TPSA) is 32.3 Å². The van der Waals surface area contributed by atoms with Crippen LogP contribution >= 0.6 is 0 Å². The van der Waals surface area contributed by atoms with Crippen LogP contribution < -0.4 is 5.32 Å². The van der Waals surface area contributed by atoms with E-state index >= 15 is 0 Å². The van der Waals surface area contributed by atoms with Crippen LogP contribution in [0.15, 0.2) is 42.0 Å². The van der Waals surface area contributed by atoms with Crippen molar-refractivity contribution in [1.82, 2.24) is 10.2 Å². The summed E-state index contributed by atoms with van der Waals surface area (Å²) in [5, 5.41) is 3.18. The Morgan fingerprint density at radius 3 is 2.83 bits per heavy atom. The fraction of sp³-hybridized carbons (Fsp3) is 0.571. The molecule has 3 nitrogen and oxygen atoms in total. The van der Waals surface area contributed by atoms with E-state index in [0.717, 1.165) is 45.4 Å². The van der Waals surface area contributed by atoms with E-state index in [9.17, 15) is 4.79 Å². The molecule has 1 aromatic carbocycles. The van der Waals surface area contributed by atoms with Crippen molar-refractivity contribution in [2.24, 2.45) is 5.92 Å². The smallest absolute Gasteiger partial charge is 0.224 e. The molecule has 0 radical (unpaired) electrons. The number of benzene rings is 1. The lowest BCUT2D eigenvalue weighted by Gasteiger charge is -2.32. The van der Waals surface area contributed by atoms with Crippen molar-refractivity contribution in [3.8, 4) is 0 Å². The van der Waals surface area contributed by atoms with Gasteiger partial charge in [-0.2, -0.15) is 0 Å². The number of hydrogen-bond donors (Lipinski definition) is 1. The zero-order valence-electron chi connectivity index (χ0n) is 14.7. The molecule has 1 heterocycles. The van der Waals surface area contributed by atoms with Crippen molar-refractivity contribution in [3.63, 3.8) is 0 Å². The zero-order chi connectivity index (χ0) is 16.6.